The third kappa shape index (κ3) is 13.2. The van der Waals surface area contributed by atoms with Gasteiger partial charge in [0.25, 0.3) is 0 Å². The van der Waals surface area contributed by atoms with E-state index in [0.717, 1.165) is 25.5 Å². The van der Waals surface area contributed by atoms with Gasteiger partial charge in [-0.1, -0.05) is 47.0 Å². The van der Waals surface area contributed by atoms with Crippen molar-refractivity contribution in [2.75, 3.05) is 26.2 Å². The van der Waals surface area contributed by atoms with Crippen LogP contribution in [0.4, 0.5) is 0 Å². The van der Waals surface area contributed by atoms with Crippen molar-refractivity contribution in [1.29, 1.82) is 0 Å². The van der Waals surface area contributed by atoms with E-state index in [9.17, 15) is 4.79 Å². The number of hydrogen-bond acceptors (Lipinski definition) is 2. The molecule has 0 saturated heterocycles. The average Bonchev–Trinajstić information content (AvgIpc) is 2.41. The number of hydrogen-bond donors (Lipinski definition) is 3. The lowest BCUT2D eigenvalue weighted by atomic mass is 9.96. The average molecular weight is 426 g/mol. The summed E-state index contributed by atoms with van der Waals surface area (Å²) in [4.78, 5) is 16.3. The molecular weight excluding hydrogens is 391 g/mol. The Labute approximate surface area is 153 Å². The number of nitrogens with one attached hydrogen (secondary N) is 3. The van der Waals surface area contributed by atoms with Crippen LogP contribution in [0.5, 0.6) is 0 Å². The molecule has 0 rings (SSSR count). The van der Waals surface area contributed by atoms with Gasteiger partial charge in [-0.15, -0.1) is 24.0 Å². The summed E-state index contributed by atoms with van der Waals surface area (Å²) in [6.07, 6.45) is 4.89. The van der Waals surface area contributed by atoms with Crippen molar-refractivity contribution in [1.82, 2.24) is 16.0 Å². The van der Waals surface area contributed by atoms with Crippen LogP contribution in [0.15, 0.2) is 4.99 Å². The van der Waals surface area contributed by atoms with Crippen LogP contribution in [0, 0.1) is 5.41 Å². The zero-order chi connectivity index (χ0) is 16.1. The van der Waals surface area contributed by atoms with Crippen molar-refractivity contribution in [3.05, 3.63) is 0 Å². The highest BCUT2D eigenvalue weighted by molar-refractivity contribution is 14.0. The maximum absolute atomic E-state index is 11.7. The molecule has 1 amide bonds. The number of unbranched alkanes of at least 4 members (excludes halogenated alkanes) is 3. The van der Waals surface area contributed by atoms with Crippen molar-refractivity contribution < 1.29 is 4.79 Å². The second-order valence-corrected chi connectivity index (χ2v) is 6.25. The fourth-order valence-electron chi connectivity index (χ4n) is 1.69. The Balaban J connectivity index is 0. The van der Waals surface area contributed by atoms with Gasteiger partial charge in [0.2, 0.25) is 5.91 Å². The summed E-state index contributed by atoms with van der Waals surface area (Å²) < 4.78 is 0. The van der Waals surface area contributed by atoms with Gasteiger partial charge in [0.15, 0.2) is 5.96 Å². The molecule has 3 N–H and O–H groups in total. The molecule has 0 heterocycles. The number of halogens is 1. The van der Waals surface area contributed by atoms with Crippen molar-refractivity contribution in [2.45, 2.75) is 60.3 Å². The van der Waals surface area contributed by atoms with Gasteiger partial charge in [-0.05, 0) is 13.3 Å². The van der Waals surface area contributed by atoms with Gasteiger partial charge in [0.1, 0.15) is 0 Å². The highest BCUT2D eigenvalue weighted by Crippen LogP contribution is 2.11. The minimum Gasteiger partial charge on any atom is -0.357 e. The Hall–Kier alpha value is -0.530. The van der Waals surface area contributed by atoms with Crippen LogP contribution in [-0.2, 0) is 4.79 Å². The highest BCUT2D eigenvalue weighted by atomic mass is 127. The monoisotopic (exact) mass is 426 g/mol. The summed E-state index contributed by atoms with van der Waals surface area (Å²) >= 11 is 0. The van der Waals surface area contributed by atoms with Gasteiger partial charge < -0.3 is 16.0 Å². The number of carbonyl (C=O) groups is 1. The Morgan fingerprint density at radius 2 is 1.59 bits per heavy atom. The lowest BCUT2D eigenvalue weighted by Gasteiger charge is -2.18. The molecule has 0 bridgehead atoms. The molecular formula is C16H35IN4O. The number of amides is 1. The topological polar surface area (TPSA) is 65.5 Å². The lowest BCUT2D eigenvalue weighted by Crippen LogP contribution is -2.43. The normalized spacial score (nSPS) is 11.6. The molecule has 0 aromatic heterocycles. The van der Waals surface area contributed by atoms with Crippen LogP contribution in [0.3, 0.4) is 0 Å². The van der Waals surface area contributed by atoms with E-state index >= 15 is 0 Å². The van der Waals surface area contributed by atoms with Crippen LogP contribution in [-0.4, -0.2) is 38.0 Å². The second-order valence-electron chi connectivity index (χ2n) is 6.25. The molecule has 22 heavy (non-hydrogen) atoms. The largest absolute Gasteiger partial charge is 0.357 e. The molecule has 0 aliphatic heterocycles. The van der Waals surface area contributed by atoms with Crippen LogP contribution < -0.4 is 16.0 Å². The Morgan fingerprint density at radius 1 is 0.955 bits per heavy atom. The van der Waals surface area contributed by atoms with E-state index in [1.807, 2.05) is 20.8 Å². The summed E-state index contributed by atoms with van der Waals surface area (Å²) in [5, 5.41) is 9.38. The molecule has 0 saturated carbocycles. The summed E-state index contributed by atoms with van der Waals surface area (Å²) in [5.41, 5.74) is -0.335. The maximum atomic E-state index is 11.7. The third-order valence-corrected chi connectivity index (χ3v) is 3.01. The third-order valence-electron chi connectivity index (χ3n) is 3.01. The minimum atomic E-state index is -0.335. The van der Waals surface area contributed by atoms with E-state index in [1.54, 1.807) is 0 Å². The molecule has 0 aliphatic rings. The van der Waals surface area contributed by atoms with E-state index in [-0.39, 0.29) is 35.3 Å². The quantitative estimate of drug-likeness (QED) is 0.230. The molecule has 0 radical (unpaired) electrons. The number of guanidine groups is 1. The van der Waals surface area contributed by atoms with Crippen LogP contribution in [0.25, 0.3) is 0 Å². The fraction of sp³-hybridized carbons (Fsp3) is 0.875. The first kappa shape index (κ1) is 23.7. The first-order valence-corrected chi connectivity index (χ1v) is 8.22. The van der Waals surface area contributed by atoms with Crippen LogP contribution >= 0.6 is 24.0 Å². The number of carbonyl (C=O) groups excluding carboxylic acids is 1. The number of rotatable bonds is 9. The Bertz CT molecular complexity index is 314. The smallest absolute Gasteiger partial charge is 0.225 e. The van der Waals surface area contributed by atoms with E-state index < -0.39 is 0 Å². The van der Waals surface area contributed by atoms with Gasteiger partial charge in [-0.2, -0.15) is 0 Å². The predicted octanol–water partition coefficient (Wildman–Crippen LogP) is 2.90. The van der Waals surface area contributed by atoms with Gasteiger partial charge in [0, 0.05) is 31.6 Å². The molecule has 0 aromatic carbocycles. The molecule has 0 unspecified atom stereocenters. The molecule has 0 spiro atoms. The molecule has 6 heteroatoms. The van der Waals surface area contributed by atoms with E-state index in [1.165, 1.54) is 19.3 Å². The van der Waals surface area contributed by atoms with Gasteiger partial charge in [-0.25, -0.2) is 0 Å². The summed E-state index contributed by atoms with van der Waals surface area (Å²) in [5.74, 6) is 0.907. The SMILES string of the molecule is CCCCCCN=C(NCC)NCCNC(=O)C(C)(C)C.I. The van der Waals surface area contributed by atoms with Crippen LogP contribution in [0.2, 0.25) is 0 Å². The molecule has 5 nitrogen and oxygen atoms in total. The van der Waals surface area contributed by atoms with Gasteiger partial charge in [-0.3, -0.25) is 9.79 Å². The second kappa shape index (κ2) is 14.1. The number of nitrogens with zero attached hydrogens (tertiary/aromatic N) is 1. The van der Waals surface area contributed by atoms with Crippen molar-refractivity contribution in [3.8, 4) is 0 Å². The standard InChI is InChI=1S/C16H34N4O.HI/c1-6-8-9-10-11-19-15(17-7-2)20-13-12-18-14(21)16(3,4)5;/h6-13H2,1-5H3,(H,18,21)(H2,17,19,20);1H. The lowest BCUT2D eigenvalue weighted by molar-refractivity contribution is -0.128. The van der Waals surface area contributed by atoms with Gasteiger partial charge in [0.05, 0.1) is 0 Å². The summed E-state index contributed by atoms with van der Waals surface area (Å²) in [6, 6.07) is 0. The zero-order valence-corrected chi connectivity index (χ0v) is 17.3. The Morgan fingerprint density at radius 3 is 2.14 bits per heavy atom. The van der Waals surface area contributed by atoms with E-state index in [4.69, 9.17) is 0 Å². The first-order chi connectivity index (χ1) is 9.91. The van der Waals surface area contributed by atoms with Crippen LogP contribution in [0.1, 0.15) is 60.3 Å². The fourth-order valence-corrected chi connectivity index (χ4v) is 1.69. The van der Waals surface area contributed by atoms with Crippen molar-refractivity contribution in [2.24, 2.45) is 10.4 Å². The molecule has 0 fully saturated rings. The molecule has 132 valence electrons. The van der Waals surface area contributed by atoms with Crippen molar-refractivity contribution in [3.63, 3.8) is 0 Å². The summed E-state index contributed by atoms with van der Waals surface area (Å²) in [6.45, 7) is 13.0. The molecule has 0 aliphatic carbocycles. The Kier molecular flexibility index (Phi) is 15.2. The first-order valence-electron chi connectivity index (χ1n) is 8.22. The highest BCUT2D eigenvalue weighted by Gasteiger charge is 2.20. The maximum Gasteiger partial charge on any atom is 0.225 e. The van der Waals surface area contributed by atoms with E-state index in [0.29, 0.717) is 13.1 Å². The van der Waals surface area contributed by atoms with Gasteiger partial charge >= 0.3 is 0 Å². The van der Waals surface area contributed by atoms with E-state index in [2.05, 4.69) is 34.8 Å². The zero-order valence-electron chi connectivity index (χ0n) is 14.9. The minimum absolute atomic E-state index is 0. The summed E-state index contributed by atoms with van der Waals surface area (Å²) in [7, 11) is 0. The molecule has 0 aromatic rings. The van der Waals surface area contributed by atoms with Crippen molar-refractivity contribution >= 4 is 35.8 Å². The number of aliphatic imine (C=N–C) groups is 1. The molecule has 0 atom stereocenters. The predicted molar refractivity (Wildman–Crippen MR) is 106 cm³/mol.